The van der Waals surface area contributed by atoms with Crippen molar-refractivity contribution >= 4 is 17.5 Å². The van der Waals surface area contributed by atoms with Crippen LogP contribution in [0.1, 0.15) is 48.7 Å². The number of amides is 2. The summed E-state index contributed by atoms with van der Waals surface area (Å²) in [6.45, 7) is 3.88. The fourth-order valence-corrected chi connectivity index (χ4v) is 2.33. The maximum absolute atomic E-state index is 12.5. The van der Waals surface area contributed by atoms with E-state index in [9.17, 15) is 9.59 Å². The molecule has 2 aromatic carbocycles. The second-order valence-electron chi connectivity index (χ2n) is 5.45. The summed E-state index contributed by atoms with van der Waals surface area (Å²) in [6, 6.07) is 16.7. The molecule has 0 heterocycles. The van der Waals surface area contributed by atoms with E-state index in [0.717, 1.165) is 12.0 Å². The van der Waals surface area contributed by atoms with Crippen molar-refractivity contribution < 1.29 is 9.59 Å². The van der Waals surface area contributed by atoms with Gasteiger partial charge in [-0.1, -0.05) is 49.4 Å². The lowest BCUT2D eigenvalue weighted by molar-refractivity contribution is -0.116. The molecule has 4 nitrogen and oxygen atoms in total. The van der Waals surface area contributed by atoms with Gasteiger partial charge in [0.1, 0.15) is 0 Å². The highest BCUT2D eigenvalue weighted by molar-refractivity contribution is 6.03. The molecule has 23 heavy (non-hydrogen) atoms. The molecule has 0 radical (unpaired) electrons. The van der Waals surface area contributed by atoms with Crippen LogP contribution in [0.15, 0.2) is 54.6 Å². The molecule has 2 aromatic rings. The van der Waals surface area contributed by atoms with E-state index in [-0.39, 0.29) is 17.9 Å². The minimum Gasteiger partial charge on any atom is -0.345 e. The molecule has 0 saturated heterocycles. The summed E-state index contributed by atoms with van der Waals surface area (Å²) in [5.41, 5.74) is 2.05. The molecule has 0 aliphatic heterocycles. The third-order valence-corrected chi connectivity index (χ3v) is 3.57. The summed E-state index contributed by atoms with van der Waals surface area (Å²) in [7, 11) is 0. The summed E-state index contributed by atoms with van der Waals surface area (Å²) >= 11 is 0. The van der Waals surface area contributed by atoms with Gasteiger partial charge >= 0.3 is 0 Å². The molecule has 0 bridgehead atoms. The zero-order valence-corrected chi connectivity index (χ0v) is 13.5. The van der Waals surface area contributed by atoms with E-state index in [2.05, 4.69) is 10.6 Å². The van der Waals surface area contributed by atoms with Crippen LogP contribution in [0.5, 0.6) is 0 Å². The minimum absolute atomic E-state index is 0.0798. The summed E-state index contributed by atoms with van der Waals surface area (Å²) in [6.07, 6.45) is 1.21. The smallest absolute Gasteiger partial charge is 0.253 e. The van der Waals surface area contributed by atoms with E-state index in [1.165, 1.54) is 0 Å². The van der Waals surface area contributed by atoms with Crippen molar-refractivity contribution in [1.29, 1.82) is 0 Å². The van der Waals surface area contributed by atoms with Crippen LogP contribution in [0.2, 0.25) is 0 Å². The average molecular weight is 310 g/mol. The number of hydrogen-bond donors (Lipinski definition) is 2. The van der Waals surface area contributed by atoms with Crippen LogP contribution in [0.4, 0.5) is 5.69 Å². The van der Waals surface area contributed by atoms with Gasteiger partial charge in [0.05, 0.1) is 17.3 Å². The second kappa shape index (κ2) is 8.13. The van der Waals surface area contributed by atoms with Crippen LogP contribution >= 0.6 is 0 Å². The molecule has 1 unspecified atom stereocenters. The monoisotopic (exact) mass is 310 g/mol. The van der Waals surface area contributed by atoms with Crippen LogP contribution in [0, 0.1) is 0 Å². The predicted molar refractivity (Wildman–Crippen MR) is 92.3 cm³/mol. The molecule has 0 fully saturated rings. The SMILES string of the molecule is CCCC(=O)Nc1ccccc1C(=O)NC(C)c1ccccc1. The summed E-state index contributed by atoms with van der Waals surface area (Å²) < 4.78 is 0. The lowest BCUT2D eigenvalue weighted by Gasteiger charge is -2.16. The number of para-hydroxylation sites is 1. The number of hydrogen-bond acceptors (Lipinski definition) is 2. The van der Waals surface area contributed by atoms with E-state index < -0.39 is 0 Å². The lowest BCUT2D eigenvalue weighted by Crippen LogP contribution is -2.27. The highest BCUT2D eigenvalue weighted by Gasteiger charge is 2.15. The normalized spacial score (nSPS) is 11.6. The van der Waals surface area contributed by atoms with Gasteiger partial charge in [0.15, 0.2) is 0 Å². The summed E-state index contributed by atoms with van der Waals surface area (Å²) in [4.78, 5) is 24.3. The molecular weight excluding hydrogens is 288 g/mol. The quantitative estimate of drug-likeness (QED) is 0.849. The highest BCUT2D eigenvalue weighted by atomic mass is 16.2. The first-order chi connectivity index (χ1) is 11.1. The van der Waals surface area contributed by atoms with Gasteiger partial charge in [-0.3, -0.25) is 9.59 Å². The molecule has 4 heteroatoms. The zero-order valence-electron chi connectivity index (χ0n) is 13.5. The molecule has 1 atom stereocenters. The van der Waals surface area contributed by atoms with Gasteiger partial charge in [0, 0.05) is 6.42 Å². The maximum atomic E-state index is 12.5. The Labute approximate surface area is 136 Å². The van der Waals surface area contributed by atoms with Gasteiger partial charge < -0.3 is 10.6 Å². The molecule has 0 aliphatic carbocycles. The van der Waals surface area contributed by atoms with Gasteiger partial charge in [0.25, 0.3) is 5.91 Å². The van der Waals surface area contributed by atoms with E-state index in [1.54, 1.807) is 24.3 Å². The fraction of sp³-hybridized carbons (Fsp3) is 0.263. The van der Waals surface area contributed by atoms with Crippen LogP contribution in [-0.2, 0) is 4.79 Å². The molecule has 0 saturated carbocycles. The Balaban J connectivity index is 2.11. The van der Waals surface area contributed by atoms with Gasteiger partial charge in [-0.15, -0.1) is 0 Å². The Bertz CT molecular complexity index is 668. The van der Waals surface area contributed by atoms with E-state index in [1.807, 2.05) is 44.2 Å². The van der Waals surface area contributed by atoms with Crippen LogP contribution in [0.3, 0.4) is 0 Å². The van der Waals surface area contributed by atoms with Crippen molar-refractivity contribution in [3.8, 4) is 0 Å². The first kappa shape index (κ1) is 16.7. The first-order valence-corrected chi connectivity index (χ1v) is 7.86. The number of nitrogens with one attached hydrogen (secondary N) is 2. The maximum Gasteiger partial charge on any atom is 0.253 e. The number of carbonyl (C=O) groups excluding carboxylic acids is 2. The van der Waals surface area contributed by atoms with Gasteiger partial charge in [0.2, 0.25) is 5.91 Å². The number of carbonyl (C=O) groups is 2. The topological polar surface area (TPSA) is 58.2 Å². The molecule has 2 rings (SSSR count). The molecule has 2 amide bonds. The van der Waals surface area contributed by atoms with Gasteiger partial charge in [-0.2, -0.15) is 0 Å². The highest BCUT2D eigenvalue weighted by Crippen LogP contribution is 2.18. The zero-order chi connectivity index (χ0) is 16.7. The Hall–Kier alpha value is -2.62. The van der Waals surface area contributed by atoms with Gasteiger partial charge in [-0.05, 0) is 31.0 Å². The van der Waals surface area contributed by atoms with Crippen LogP contribution < -0.4 is 10.6 Å². The third-order valence-electron chi connectivity index (χ3n) is 3.57. The summed E-state index contributed by atoms with van der Waals surface area (Å²) in [5.74, 6) is -0.280. The van der Waals surface area contributed by atoms with Crippen molar-refractivity contribution in [2.24, 2.45) is 0 Å². The predicted octanol–water partition coefficient (Wildman–Crippen LogP) is 3.92. The Morgan fingerprint density at radius 3 is 2.35 bits per heavy atom. The molecule has 0 spiro atoms. The van der Waals surface area contributed by atoms with E-state index in [4.69, 9.17) is 0 Å². The lowest BCUT2D eigenvalue weighted by atomic mass is 10.1. The largest absolute Gasteiger partial charge is 0.345 e. The van der Waals surface area contributed by atoms with E-state index in [0.29, 0.717) is 17.7 Å². The minimum atomic E-state index is -0.200. The molecule has 0 aliphatic rings. The average Bonchev–Trinajstić information content (AvgIpc) is 2.56. The molecule has 0 aromatic heterocycles. The Morgan fingerprint density at radius 1 is 1.00 bits per heavy atom. The molecular formula is C19H22N2O2. The number of rotatable bonds is 6. The van der Waals surface area contributed by atoms with Crippen molar-refractivity contribution in [3.05, 3.63) is 65.7 Å². The second-order valence-corrected chi connectivity index (χ2v) is 5.45. The Kier molecular flexibility index (Phi) is 5.92. The van der Waals surface area contributed by atoms with Crippen molar-refractivity contribution in [3.63, 3.8) is 0 Å². The van der Waals surface area contributed by atoms with E-state index >= 15 is 0 Å². The number of benzene rings is 2. The number of anilines is 1. The van der Waals surface area contributed by atoms with Crippen molar-refractivity contribution in [2.45, 2.75) is 32.7 Å². The van der Waals surface area contributed by atoms with Crippen molar-refractivity contribution in [2.75, 3.05) is 5.32 Å². The molecule has 120 valence electrons. The first-order valence-electron chi connectivity index (χ1n) is 7.86. The van der Waals surface area contributed by atoms with Gasteiger partial charge in [-0.25, -0.2) is 0 Å². The Morgan fingerprint density at radius 2 is 1.65 bits per heavy atom. The standard InChI is InChI=1S/C19H22N2O2/c1-3-9-18(22)21-17-13-8-7-12-16(17)19(23)20-14(2)15-10-5-4-6-11-15/h4-8,10-14H,3,9H2,1-2H3,(H,20,23)(H,21,22). The third kappa shape index (κ3) is 4.68. The summed E-state index contributed by atoms with van der Waals surface area (Å²) in [5, 5.41) is 5.77. The van der Waals surface area contributed by atoms with Crippen LogP contribution in [-0.4, -0.2) is 11.8 Å². The fourth-order valence-electron chi connectivity index (χ4n) is 2.33. The molecule has 2 N–H and O–H groups in total. The van der Waals surface area contributed by atoms with Crippen molar-refractivity contribution in [1.82, 2.24) is 5.32 Å². The van der Waals surface area contributed by atoms with Crippen LogP contribution in [0.25, 0.3) is 0 Å².